The lowest BCUT2D eigenvalue weighted by atomic mass is 10.8. The van der Waals surface area contributed by atoms with Crippen LogP contribution in [0.1, 0.15) is 6.92 Å². The number of carbonyl (C=O) groups is 2. The monoisotopic (exact) mass is 164 g/mol. The lowest BCUT2D eigenvalue weighted by molar-refractivity contribution is -0.141. The zero-order valence-electron chi connectivity index (χ0n) is 6.79. The van der Waals surface area contributed by atoms with E-state index in [2.05, 4.69) is 9.47 Å². The van der Waals surface area contributed by atoms with Crippen molar-refractivity contribution in [1.29, 1.82) is 0 Å². The summed E-state index contributed by atoms with van der Waals surface area (Å²) in [5.41, 5.74) is 0. The van der Waals surface area contributed by atoms with E-state index in [1.807, 2.05) is 0 Å². The van der Waals surface area contributed by atoms with Crippen LogP contribution in [-0.4, -0.2) is 37.9 Å². The molecule has 0 aliphatic rings. The Hall–Kier alpha value is -1.10. The second kappa shape index (κ2) is 8.90. The zero-order chi connectivity index (χ0) is 9.28. The molecule has 0 fully saturated rings. The molecule has 0 saturated carbocycles. The van der Waals surface area contributed by atoms with Crippen LogP contribution in [0.4, 0.5) is 0 Å². The summed E-state index contributed by atoms with van der Waals surface area (Å²) in [7, 11) is 2.69. The number of rotatable bonds is 2. The quantitative estimate of drug-likeness (QED) is 0.577. The van der Waals surface area contributed by atoms with Crippen LogP contribution in [0, 0.1) is 0 Å². The molecule has 5 nitrogen and oxygen atoms in total. The van der Waals surface area contributed by atoms with Gasteiger partial charge in [-0.1, -0.05) is 0 Å². The zero-order valence-corrected chi connectivity index (χ0v) is 6.79. The number of carboxylic acid groups (broad SMARTS) is 1. The van der Waals surface area contributed by atoms with E-state index in [0.717, 1.165) is 0 Å². The Kier molecular flexibility index (Phi) is 10.2. The average molecular weight is 164 g/mol. The molecule has 5 heteroatoms. The Balaban J connectivity index is 0. The van der Waals surface area contributed by atoms with E-state index in [1.165, 1.54) is 21.1 Å². The van der Waals surface area contributed by atoms with E-state index in [4.69, 9.17) is 5.11 Å². The number of aliphatic carboxylic acids is 1. The summed E-state index contributed by atoms with van der Waals surface area (Å²) in [5.74, 6) is -1.18. The summed E-state index contributed by atoms with van der Waals surface area (Å²) in [5, 5.41) is 7.79. The third-order valence-corrected chi connectivity index (χ3v) is 0.555. The van der Waals surface area contributed by atoms with E-state index >= 15 is 0 Å². The number of methoxy groups -OCH3 is 2. The van der Waals surface area contributed by atoms with Crippen molar-refractivity contribution in [2.24, 2.45) is 0 Å². The first-order valence-electron chi connectivity index (χ1n) is 2.79. The average Bonchev–Trinajstić information content (AvgIpc) is 1.89. The van der Waals surface area contributed by atoms with Gasteiger partial charge in [-0.25, -0.2) is 4.79 Å². The Morgan fingerprint density at radius 2 is 1.73 bits per heavy atom. The highest BCUT2D eigenvalue weighted by Crippen LogP contribution is 1.61. The summed E-state index contributed by atoms with van der Waals surface area (Å²) >= 11 is 0. The van der Waals surface area contributed by atoms with E-state index < -0.39 is 5.97 Å². The van der Waals surface area contributed by atoms with Crippen LogP contribution < -0.4 is 0 Å². The second-order valence-electron chi connectivity index (χ2n) is 1.52. The predicted molar refractivity (Wildman–Crippen MR) is 37.2 cm³/mol. The molecule has 0 unspecified atom stereocenters. The second-order valence-corrected chi connectivity index (χ2v) is 1.52. The van der Waals surface area contributed by atoms with Gasteiger partial charge in [0.05, 0.1) is 7.11 Å². The lowest BCUT2D eigenvalue weighted by Crippen LogP contribution is -2.02. The SMILES string of the molecule is COC(C)=O.COCC(=O)O. The van der Waals surface area contributed by atoms with Gasteiger partial charge in [0, 0.05) is 14.0 Å². The van der Waals surface area contributed by atoms with Gasteiger partial charge in [-0.3, -0.25) is 4.79 Å². The third kappa shape index (κ3) is 27.9. The molecule has 0 rings (SSSR count). The number of carboxylic acids is 1. The van der Waals surface area contributed by atoms with Crippen LogP contribution in [0.3, 0.4) is 0 Å². The minimum absolute atomic E-state index is 0.208. The summed E-state index contributed by atoms with van der Waals surface area (Å²) in [6.45, 7) is 1.15. The Labute approximate surface area is 64.9 Å². The van der Waals surface area contributed by atoms with E-state index in [1.54, 1.807) is 0 Å². The Bertz CT molecular complexity index is 120. The largest absolute Gasteiger partial charge is 0.480 e. The van der Waals surface area contributed by atoms with Gasteiger partial charge in [-0.2, -0.15) is 0 Å². The first-order valence-corrected chi connectivity index (χ1v) is 2.79. The maximum absolute atomic E-state index is 9.59. The fourth-order valence-electron chi connectivity index (χ4n) is 0.123. The van der Waals surface area contributed by atoms with Crippen LogP contribution in [0.2, 0.25) is 0 Å². The molecule has 0 aromatic heterocycles. The highest BCUT2D eigenvalue weighted by molar-refractivity contribution is 5.67. The van der Waals surface area contributed by atoms with Gasteiger partial charge in [0.15, 0.2) is 0 Å². The number of hydrogen-bond donors (Lipinski definition) is 1. The molecule has 0 aromatic rings. The normalized spacial score (nSPS) is 7.55. The van der Waals surface area contributed by atoms with E-state index in [9.17, 15) is 9.59 Å². The molecule has 0 bridgehead atoms. The fourth-order valence-corrected chi connectivity index (χ4v) is 0.123. The topological polar surface area (TPSA) is 72.8 Å². The van der Waals surface area contributed by atoms with Crippen molar-refractivity contribution in [2.45, 2.75) is 6.92 Å². The molecular formula is C6H12O5. The molecule has 0 heterocycles. The maximum Gasteiger partial charge on any atom is 0.329 e. The van der Waals surface area contributed by atoms with Crippen molar-refractivity contribution in [3.8, 4) is 0 Å². The molecular weight excluding hydrogens is 152 g/mol. The molecule has 0 spiro atoms. The van der Waals surface area contributed by atoms with Crippen molar-refractivity contribution in [3.63, 3.8) is 0 Å². The van der Waals surface area contributed by atoms with Gasteiger partial charge >= 0.3 is 11.9 Å². The van der Waals surface area contributed by atoms with Crippen molar-refractivity contribution in [2.75, 3.05) is 20.8 Å². The standard InChI is InChI=1S/C3H6O3.C3H6O2/c1-6-2-3(4)5;1-3(4)5-2/h2H2,1H3,(H,4,5);1-2H3. The number of ether oxygens (including phenoxy) is 2. The van der Waals surface area contributed by atoms with Crippen molar-refractivity contribution in [1.82, 2.24) is 0 Å². The van der Waals surface area contributed by atoms with Crippen LogP contribution in [0.25, 0.3) is 0 Å². The molecule has 1 N–H and O–H groups in total. The van der Waals surface area contributed by atoms with Crippen LogP contribution in [0.5, 0.6) is 0 Å². The summed E-state index contributed by atoms with van der Waals surface area (Å²) in [6, 6.07) is 0. The predicted octanol–water partition coefficient (Wildman–Crippen LogP) is -0.103. The number of esters is 1. The summed E-state index contributed by atoms with van der Waals surface area (Å²) in [4.78, 5) is 19.1. The van der Waals surface area contributed by atoms with E-state index in [-0.39, 0.29) is 12.6 Å². The molecule has 0 aliphatic heterocycles. The fraction of sp³-hybridized carbons (Fsp3) is 0.667. The first kappa shape index (κ1) is 12.6. The maximum atomic E-state index is 9.59. The molecule has 0 aliphatic carbocycles. The molecule has 0 radical (unpaired) electrons. The van der Waals surface area contributed by atoms with Gasteiger partial charge in [0.2, 0.25) is 0 Å². The number of hydrogen-bond acceptors (Lipinski definition) is 4. The van der Waals surface area contributed by atoms with Crippen LogP contribution >= 0.6 is 0 Å². The van der Waals surface area contributed by atoms with Gasteiger partial charge in [0.25, 0.3) is 0 Å². The minimum atomic E-state index is -0.933. The van der Waals surface area contributed by atoms with Crippen LogP contribution in [0.15, 0.2) is 0 Å². The smallest absolute Gasteiger partial charge is 0.329 e. The lowest BCUT2D eigenvalue weighted by Gasteiger charge is -1.83. The third-order valence-electron chi connectivity index (χ3n) is 0.555. The van der Waals surface area contributed by atoms with Crippen molar-refractivity contribution >= 4 is 11.9 Å². The van der Waals surface area contributed by atoms with Crippen molar-refractivity contribution in [3.05, 3.63) is 0 Å². The van der Waals surface area contributed by atoms with Crippen molar-refractivity contribution < 1.29 is 24.2 Å². The Morgan fingerprint density at radius 3 is 1.73 bits per heavy atom. The highest BCUT2D eigenvalue weighted by Gasteiger charge is 1.87. The molecule has 0 aromatic carbocycles. The highest BCUT2D eigenvalue weighted by atomic mass is 16.5. The molecule has 11 heavy (non-hydrogen) atoms. The van der Waals surface area contributed by atoms with Gasteiger partial charge in [-0.05, 0) is 0 Å². The van der Waals surface area contributed by atoms with Gasteiger partial charge < -0.3 is 14.6 Å². The van der Waals surface area contributed by atoms with Gasteiger partial charge in [0.1, 0.15) is 6.61 Å². The number of carbonyl (C=O) groups excluding carboxylic acids is 1. The van der Waals surface area contributed by atoms with E-state index in [0.29, 0.717) is 0 Å². The molecule has 66 valence electrons. The molecule has 0 saturated heterocycles. The minimum Gasteiger partial charge on any atom is -0.480 e. The van der Waals surface area contributed by atoms with Crippen LogP contribution in [-0.2, 0) is 19.1 Å². The van der Waals surface area contributed by atoms with Gasteiger partial charge in [-0.15, -0.1) is 0 Å². The molecule has 0 atom stereocenters. The molecule has 0 amide bonds. The first-order chi connectivity index (χ1) is 5.04. The summed E-state index contributed by atoms with van der Waals surface area (Å²) in [6.07, 6.45) is 0. The summed E-state index contributed by atoms with van der Waals surface area (Å²) < 4.78 is 8.31. The Morgan fingerprint density at radius 1 is 1.36 bits per heavy atom.